The fourth-order valence-corrected chi connectivity index (χ4v) is 3.39. The van der Waals surface area contributed by atoms with Gasteiger partial charge in [-0.2, -0.15) is 0 Å². The molecule has 0 saturated carbocycles. The van der Waals surface area contributed by atoms with Crippen LogP contribution in [-0.2, 0) is 4.79 Å². The van der Waals surface area contributed by atoms with Gasteiger partial charge in [0.1, 0.15) is 11.4 Å². The van der Waals surface area contributed by atoms with Crippen molar-refractivity contribution in [3.05, 3.63) is 82.4 Å². The Bertz CT molecular complexity index is 1090. The molecule has 3 N–H and O–H groups in total. The third-order valence-electron chi connectivity index (χ3n) is 3.76. The second-order valence-electron chi connectivity index (χ2n) is 5.64. The molecule has 8 heteroatoms. The lowest BCUT2D eigenvalue weighted by Gasteiger charge is -2.07. The van der Waals surface area contributed by atoms with Crippen LogP contribution in [-0.4, -0.2) is 22.1 Å². The van der Waals surface area contributed by atoms with E-state index in [1.807, 2.05) is 0 Å². The summed E-state index contributed by atoms with van der Waals surface area (Å²) >= 11 is 1.03. The number of phenols is 1. The van der Waals surface area contributed by atoms with E-state index in [0.29, 0.717) is 9.75 Å². The zero-order valence-electron chi connectivity index (χ0n) is 14.1. The van der Waals surface area contributed by atoms with Gasteiger partial charge in [-0.25, -0.2) is 13.6 Å². The number of carbonyl (C=O) groups excluding carboxylic acids is 1. The fraction of sp³-hybridized carbons (Fsp3) is 0. The maximum Gasteiger partial charge on any atom is 0.352 e. The zero-order chi connectivity index (χ0) is 20.3. The number of nitrogens with one attached hydrogen (secondary N) is 1. The van der Waals surface area contributed by atoms with E-state index in [0.717, 1.165) is 17.4 Å². The zero-order valence-corrected chi connectivity index (χ0v) is 15.0. The first-order valence-corrected chi connectivity index (χ1v) is 8.77. The molecule has 5 nitrogen and oxygen atoms in total. The third-order valence-corrected chi connectivity index (χ3v) is 4.82. The summed E-state index contributed by atoms with van der Waals surface area (Å²) in [6.07, 6.45) is 1.20. The predicted octanol–water partition coefficient (Wildman–Crippen LogP) is 4.25. The number of benzene rings is 2. The van der Waals surface area contributed by atoms with Crippen LogP contribution in [0.25, 0.3) is 16.5 Å². The van der Waals surface area contributed by atoms with Gasteiger partial charge in [0.05, 0.1) is 5.56 Å². The number of amides is 1. The highest BCUT2D eigenvalue weighted by atomic mass is 32.1. The molecular formula is C20H13F2NO4S. The normalized spacial score (nSPS) is 11.3. The fourth-order valence-electron chi connectivity index (χ4n) is 2.42. The number of aromatic hydroxyl groups is 1. The standard InChI is InChI=1S/C20H13F2NO4S/c21-14-6-3-5-13(18(14)22)17-9-8-11(28-17)10-15(20(26)27)23-19(25)12-4-1-2-7-16(12)24/h1-10,24H,(H,23,25)(H,26,27)/b15-10-. The van der Waals surface area contributed by atoms with Gasteiger partial charge in [-0.3, -0.25) is 4.79 Å². The largest absolute Gasteiger partial charge is 0.507 e. The number of halogens is 2. The molecule has 1 heterocycles. The number of hydrogen-bond acceptors (Lipinski definition) is 4. The Balaban J connectivity index is 1.88. The Morgan fingerprint density at radius 2 is 1.75 bits per heavy atom. The van der Waals surface area contributed by atoms with Crippen molar-refractivity contribution in [2.24, 2.45) is 0 Å². The lowest BCUT2D eigenvalue weighted by atomic mass is 10.1. The second kappa shape index (κ2) is 8.01. The monoisotopic (exact) mass is 401 g/mol. The van der Waals surface area contributed by atoms with Gasteiger partial charge in [0.2, 0.25) is 0 Å². The number of aliphatic carboxylic acids is 1. The molecule has 2 aromatic carbocycles. The lowest BCUT2D eigenvalue weighted by Crippen LogP contribution is -2.27. The van der Waals surface area contributed by atoms with Gasteiger partial charge in [0, 0.05) is 15.3 Å². The van der Waals surface area contributed by atoms with E-state index >= 15 is 0 Å². The smallest absolute Gasteiger partial charge is 0.352 e. The van der Waals surface area contributed by atoms with Gasteiger partial charge in [-0.15, -0.1) is 11.3 Å². The highest BCUT2D eigenvalue weighted by molar-refractivity contribution is 7.16. The number of para-hydroxylation sites is 1. The molecule has 0 fully saturated rings. The van der Waals surface area contributed by atoms with Gasteiger partial charge in [-0.05, 0) is 36.4 Å². The molecule has 0 spiro atoms. The molecule has 3 aromatic rings. The van der Waals surface area contributed by atoms with E-state index in [1.165, 1.54) is 54.6 Å². The maximum absolute atomic E-state index is 13.9. The molecule has 0 aliphatic carbocycles. The molecule has 28 heavy (non-hydrogen) atoms. The van der Waals surface area contributed by atoms with E-state index in [9.17, 15) is 28.6 Å². The van der Waals surface area contributed by atoms with E-state index in [-0.39, 0.29) is 16.9 Å². The minimum absolute atomic E-state index is 0.0553. The Hall–Kier alpha value is -3.52. The summed E-state index contributed by atoms with van der Waals surface area (Å²) in [7, 11) is 0. The van der Waals surface area contributed by atoms with Gasteiger partial charge >= 0.3 is 5.97 Å². The minimum Gasteiger partial charge on any atom is -0.507 e. The molecule has 0 saturated heterocycles. The summed E-state index contributed by atoms with van der Waals surface area (Å²) in [6.45, 7) is 0. The van der Waals surface area contributed by atoms with Crippen LogP contribution in [0, 0.1) is 11.6 Å². The summed E-state index contributed by atoms with van der Waals surface area (Å²) in [6, 6.07) is 12.5. The van der Waals surface area contributed by atoms with Crippen LogP contribution in [0.4, 0.5) is 8.78 Å². The van der Waals surface area contributed by atoms with Crippen LogP contribution in [0.5, 0.6) is 5.75 Å². The van der Waals surface area contributed by atoms with Crippen molar-refractivity contribution in [2.45, 2.75) is 0 Å². The van der Waals surface area contributed by atoms with Crippen molar-refractivity contribution in [1.29, 1.82) is 0 Å². The van der Waals surface area contributed by atoms with E-state index in [1.54, 1.807) is 0 Å². The van der Waals surface area contributed by atoms with Crippen molar-refractivity contribution in [3.8, 4) is 16.2 Å². The van der Waals surface area contributed by atoms with E-state index in [2.05, 4.69) is 5.32 Å². The predicted molar refractivity (Wildman–Crippen MR) is 101 cm³/mol. The van der Waals surface area contributed by atoms with E-state index < -0.39 is 29.2 Å². The van der Waals surface area contributed by atoms with Crippen LogP contribution in [0.15, 0.2) is 60.3 Å². The molecule has 1 amide bonds. The van der Waals surface area contributed by atoms with Crippen LogP contribution in [0.1, 0.15) is 15.2 Å². The molecule has 1 aromatic heterocycles. The molecule has 0 bridgehead atoms. The molecule has 0 aliphatic rings. The summed E-state index contributed by atoms with van der Waals surface area (Å²) in [4.78, 5) is 24.5. The highest BCUT2D eigenvalue weighted by Gasteiger charge is 2.17. The van der Waals surface area contributed by atoms with Crippen LogP contribution in [0.3, 0.4) is 0 Å². The summed E-state index contributed by atoms with van der Waals surface area (Å²) in [5.74, 6) is -4.45. The van der Waals surface area contributed by atoms with Crippen molar-refractivity contribution < 1.29 is 28.6 Å². The number of phenolic OH excluding ortho intramolecular Hbond substituents is 1. The molecule has 142 valence electrons. The summed E-state index contributed by atoms with van der Waals surface area (Å²) < 4.78 is 27.3. The van der Waals surface area contributed by atoms with E-state index in [4.69, 9.17) is 0 Å². The maximum atomic E-state index is 13.9. The number of carboxylic acid groups (broad SMARTS) is 1. The molecule has 3 rings (SSSR count). The number of hydrogen-bond donors (Lipinski definition) is 3. The third kappa shape index (κ3) is 4.07. The Labute approximate surface area is 162 Å². The number of rotatable bonds is 5. The van der Waals surface area contributed by atoms with Crippen LogP contribution < -0.4 is 5.32 Å². The minimum atomic E-state index is -1.39. The van der Waals surface area contributed by atoms with Crippen molar-refractivity contribution in [2.75, 3.05) is 0 Å². The van der Waals surface area contributed by atoms with Gasteiger partial charge in [-0.1, -0.05) is 24.3 Å². The lowest BCUT2D eigenvalue weighted by molar-refractivity contribution is -0.132. The number of carboxylic acids is 1. The highest BCUT2D eigenvalue weighted by Crippen LogP contribution is 2.32. The first-order valence-electron chi connectivity index (χ1n) is 7.95. The van der Waals surface area contributed by atoms with Crippen LogP contribution >= 0.6 is 11.3 Å². The number of carbonyl (C=O) groups is 2. The van der Waals surface area contributed by atoms with Crippen molar-refractivity contribution in [1.82, 2.24) is 5.32 Å². The SMILES string of the molecule is O=C(O)/C(=C/c1ccc(-c2cccc(F)c2F)s1)NC(=O)c1ccccc1O. The van der Waals surface area contributed by atoms with Crippen molar-refractivity contribution in [3.63, 3.8) is 0 Å². The Morgan fingerprint density at radius 3 is 2.46 bits per heavy atom. The molecule has 0 aliphatic heterocycles. The first kappa shape index (κ1) is 19.2. The van der Waals surface area contributed by atoms with Gasteiger partial charge in [0.15, 0.2) is 11.6 Å². The molecule has 0 unspecified atom stereocenters. The van der Waals surface area contributed by atoms with Gasteiger partial charge in [0.25, 0.3) is 5.91 Å². The van der Waals surface area contributed by atoms with Crippen molar-refractivity contribution >= 4 is 29.3 Å². The Morgan fingerprint density at radius 1 is 1.00 bits per heavy atom. The average molecular weight is 401 g/mol. The Kier molecular flexibility index (Phi) is 5.51. The molecule has 0 radical (unpaired) electrons. The van der Waals surface area contributed by atoms with Crippen LogP contribution in [0.2, 0.25) is 0 Å². The second-order valence-corrected chi connectivity index (χ2v) is 6.75. The topological polar surface area (TPSA) is 86.6 Å². The number of thiophene rings is 1. The molecule has 0 atom stereocenters. The average Bonchev–Trinajstić information content (AvgIpc) is 3.12. The quantitative estimate of drug-likeness (QED) is 0.558. The summed E-state index contributed by atoms with van der Waals surface area (Å²) in [5.41, 5.74) is -0.454. The first-order chi connectivity index (χ1) is 13.4. The summed E-state index contributed by atoms with van der Waals surface area (Å²) in [5, 5.41) is 21.3. The molecular weight excluding hydrogens is 388 g/mol. The van der Waals surface area contributed by atoms with Gasteiger partial charge < -0.3 is 15.5 Å².